The van der Waals surface area contributed by atoms with Crippen LogP contribution < -0.4 is 4.72 Å². The van der Waals surface area contributed by atoms with Gasteiger partial charge in [0.1, 0.15) is 0 Å². The summed E-state index contributed by atoms with van der Waals surface area (Å²) in [5.74, 6) is 0. The van der Waals surface area contributed by atoms with Crippen molar-refractivity contribution in [2.75, 3.05) is 0 Å². The molecule has 3 nitrogen and oxygen atoms in total. The number of nitrogens with zero attached hydrogens (tertiary/aromatic N) is 1. The number of aromatic nitrogens is 1. The first-order valence-electron chi connectivity index (χ1n) is 6.99. The third-order valence-corrected chi connectivity index (χ3v) is 5.04. The van der Waals surface area contributed by atoms with Gasteiger partial charge in [0.25, 0.3) is 0 Å². The molecule has 0 amide bonds. The predicted molar refractivity (Wildman–Crippen MR) is 87.5 cm³/mol. The quantitative estimate of drug-likeness (QED) is 0.732. The molecule has 2 atom stereocenters. The van der Waals surface area contributed by atoms with Gasteiger partial charge >= 0.3 is 6.18 Å². The lowest BCUT2D eigenvalue weighted by Crippen LogP contribution is -2.36. The molecular weight excluding hydrogens is 349 g/mol. The van der Waals surface area contributed by atoms with Crippen LogP contribution in [0.4, 0.5) is 13.2 Å². The van der Waals surface area contributed by atoms with Crippen LogP contribution in [0.5, 0.6) is 0 Å². The summed E-state index contributed by atoms with van der Waals surface area (Å²) in [4.78, 5) is 3.32. The van der Waals surface area contributed by atoms with Crippen molar-refractivity contribution in [1.29, 1.82) is 0 Å². The summed E-state index contributed by atoms with van der Waals surface area (Å²) in [6, 6.07) is 0.822. The third-order valence-electron chi connectivity index (χ3n) is 3.03. The molecule has 0 aliphatic carbocycles. The van der Waals surface area contributed by atoms with Crippen molar-refractivity contribution >= 4 is 22.6 Å². The van der Waals surface area contributed by atoms with Gasteiger partial charge in [-0.25, -0.2) is 8.93 Å². The fraction of sp³-hybridized carbons (Fsp3) is 0.533. The average molecular weight is 369 g/mol. The van der Waals surface area contributed by atoms with Crippen molar-refractivity contribution in [2.45, 2.75) is 50.6 Å². The Labute approximate surface area is 141 Å². The fourth-order valence-electron chi connectivity index (χ4n) is 1.79. The molecule has 0 radical (unpaired) electrons. The maximum Gasteiger partial charge on any atom is 0.434 e. The second-order valence-electron chi connectivity index (χ2n) is 5.98. The van der Waals surface area contributed by atoms with Crippen LogP contribution in [0.15, 0.2) is 24.9 Å². The Morgan fingerprint density at radius 1 is 1.43 bits per heavy atom. The Morgan fingerprint density at radius 3 is 2.52 bits per heavy atom. The molecule has 1 N–H and O–H groups in total. The van der Waals surface area contributed by atoms with Crippen LogP contribution >= 0.6 is 11.6 Å². The lowest BCUT2D eigenvalue weighted by molar-refractivity contribution is -0.141. The van der Waals surface area contributed by atoms with E-state index in [-0.39, 0.29) is 5.56 Å². The number of pyridine rings is 1. The van der Waals surface area contributed by atoms with Crippen molar-refractivity contribution in [2.24, 2.45) is 0 Å². The molecule has 1 aromatic rings. The Hall–Kier alpha value is -0.920. The highest BCUT2D eigenvalue weighted by atomic mass is 35.5. The largest absolute Gasteiger partial charge is 0.434 e. The predicted octanol–water partition coefficient (Wildman–Crippen LogP) is 4.81. The molecule has 0 aliphatic rings. The number of rotatable bonds is 6. The Morgan fingerprint density at radius 2 is 2.04 bits per heavy atom. The monoisotopic (exact) mass is 368 g/mol. The molecule has 0 spiro atoms. The van der Waals surface area contributed by atoms with Gasteiger partial charge in [0, 0.05) is 12.2 Å². The number of hydrogen-bond donors (Lipinski definition) is 1. The van der Waals surface area contributed by atoms with E-state index in [0.29, 0.717) is 12.8 Å². The number of hydrogen-bond acceptors (Lipinski definition) is 2. The van der Waals surface area contributed by atoms with Crippen LogP contribution in [0, 0.1) is 0 Å². The summed E-state index contributed by atoms with van der Waals surface area (Å²) in [6.07, 6.45) is -0.967. The zero-order chi connectivity index (χ0) is 17.8. The molecule has 0 fully saturated rings. The first-order chi connectivity index (χ1) is 10.5. The van der Waals surface area contributed by atoms with E-state index in [9.17, 15) is 17.4 Å². The van der Waals surface area contributed by atoms with Crippen LogP contribution in [-0.4, -0.2) is 13.9 Å². The third kappa shape index (κ3) is 5.58. The van der Waals surface area contributed by atoms with Gasteiger partial charge < -0.3 is 0 Å². The number of halogens is 4. The second kappa shape index (κ2) is 7.77. The lowest BCUT2D eigenvalue weighted by atomic mass is 10.0. The molecule has 8 heteroatoms. The van der Waals surface area contributed by atoms with Crippen LogP contribution in [0.2, 0.25) is 5.02 Å². The molecule has 1 aromatic heterocycles. The van der Waals surface area contributed by atoms with Crippen molar-refractivity contribution < 1.29 is 17.4 Å². The van der Waals surface area contributed by atoms with E-state index in [1.54, 1.807) is 26.8 Å². The molecule has 1 rings (SSSR count). The summed E-state index contributed by atoms with van der Waals surface area (Å²) in [6.45, 7) is 8.93. The first kappa shape index (κ1) is 20.1. The zero-order valence-electron chi connectivity index (χ0n) is 13.2. The number of nitrogens with one attached hydrogen (secondary N) is 1. The average Bonchev–Trinajstić information content (AvgIpc) is 2.41. The van der Waals surface area contributed by atoms with E-state index in [0.717, 1.165) is 6.20 Å². The Bertz CT molecular complexity index is 585. The van der Waals surface area contributed by atoms with E-state index in [1.165, 1.54) is 6.07 Å². The maximum absolute atomic E-state index is 13.0. The maximum atomic E-state index is 13.0. The highest BCUT2D eigenvalue weighted by Crippen LogP contribution is 2.37. The summed E-state index contributed by atoms with van der Waals surface area (Å²) < 4.78 is 53.5. The standard InChI is InChI=1S/C15H20ClF3N2OS/c1-5-6-7-11(21-23(22)14(2,3)4)10-8-9-20-13(12(10)16)15(17,18)19/h5,8-9,11,21H,1,6-7H2,2-4H3/t11-,23+/m1/s1. The van der Waals surface area contributed by atoms with Gasteiger partial charge in [-0.15, -0.1) is 6.58 Å². The molecule has 130 valence electrons. The van der Waals surface area contributed by atoms with Gasteiger partial charge in [-0.2, -0.15) is 13.2 Å². The minimum absolute atomic E-state index is 0.230. The van der Waals surface area contributed by atoms with Gasteiger partial charge in [0.2, 0.25) is 0 Å². The van der Waals surface area contributed by atoms with Gasteiger partial charge in [0.15, 0.2) is 5.69 Å². The van der Waals surface area contributed by atoms with E-state index >= 15 is 0 Å². The zero-order valence-corrected chi connectivity index (χ0v) is 14.8. The molecule has 0 unspecified atom stereocenters. The first-order valence-corrected chi connectivity index (χ1v) is 8.51. The molecule has 0 aliphatic heterocycles. The smallest absolute Gasteiger partial charge is 0.250 e. The van der Waals surface area contributed by atoms with Gasteiger partial charge in [-0.05, 0) is 45.2 Å². The molecule has 0 saturated heterocycles. The van der Waals surface area contributed by atoms with Crippen LogP contribution in [0.1, 0.15) is 50.9 Å². The number of alkyl halides is 3. The minimum Gasteiger partial charge on any atom is -0.250 e. The highest BCUT2D eigenvalue weighted by Gasteiger charge is 2.37. The molecule has 0 aromatic carbocycles. The summed E-state index contributed by atoms with van der Waals surface area (Å²) in [5.41, 5.74) is -0.906. The number of allylic oxidation sites excluding steroid dienone is 1. The Kier molecular flexibility index (Phi) is 6.80. The minimum atomic E-state index is -4.64. The highest BCUT2D eigenvalue weighted by molar-refractivity contribution is 7.84. The molecule has 23 heavy (non-hydrogen) atoms. The fourth-order valence-corrected chi connectivity index (χ4v) is 3.00. The van der Waals surface area contributed by atoms with E-state index < -0.39 is 38.7 Å². The van der Waals surface area contributed by atoms with Crippen molar-refractivity contribution in [3.05, 3.63) is 41.2 Å². The van der Waals surface area contributed by atoms with Gasteiger partial charge in [-0.1, -0.05) is 17.7 Å². The molecular formula is C15H20ClF3N2OS. The summed E-state index contributed by atoms with van der Waals surface area (Å²) in [7, 11) is -1.45. The van der Waals surface area contributed by atoms with Crippen LogP contribution in [-0.2, 0) is 17.2 Å². The topological polar surface area (TPSA) is 42.0 Å². The van der Waals surface area contributed by atoms with Crippen LogP contribution in [0.3, 0.4) is 0 Å². The summed E-state index contributed by atoms with van der Waals surface area (Å²) in [5, 5.41) is -0.465. The molecule has 1 heterocycles. The van der Waals surface area contributed by atoms with E-state index in [1.807, 2.05) is 0 Å². The lowest BCUT2D eigenvalue weighted by Gasteiger charge is -2.25. The SMILES string of the molecule is C=CCC[C@@H](N[S@@](=O)C(C)(C)C)c1ccnc(C(F)(F)F)c1Cl. The van der Waals surface area contributed by atoms with Gasteiger partial charge in [0.05, 0.1) is 20.8 Å². The second-order valence-corrected chi connectivity index (χ2v) is 8.35. The summed E-state index contributed by atoms with van der Waals surface area (Å²) >= 11 is 5.92. The normalized spacial score (nSPS) is 15.3. The van der Waals surface area contributed by atoms with Crippen molar-refractivity contribution in [1.82, 2.24) is 9.71 Å². The van der Waals surface area contributed by atoms with E-state index in [2.05, 4.69) is 16.3 Å². The van der Waals surface area contributed by atoms with E-state index in [4.69, 9.17) is 11.6 Å². The Balaban J connectivity index is 3.22. The van der Waals surface area contributed by atoms with Crippen LogP contribution in [0.25, 0.3) is 0 Å². The van der Waals surface area contributed by atoms with Gasteiger partial charge in [-0.3, -0.25) is 4.98 Å². The molecule has 0 saturated carbocycles. The van der Waals surface area contributed by atoms with Crippen molar-refractivity contribution in [3.8, 4) is 0 Å². The van der Waals surface area contributed by atoms with Crippen molar-refractivity contribution in [3.63, 3.8) is 0 Å². The molecule has 0 bridgehead atoms.